The Balaban J connectivity index is 0.599. The SMILES string of the molecule is CCCC1O[C@@H]2CC3[C@@H]4CCC5=CC(=O)C=C[C@]5(C)C4[C@@H](O)C[C@]3(C)[C@]2(C(=O)COCNC(=O)CCCNC(=O)OCc2ccc(NC(=O)[C@H](CCCNC(N)=O)NC(=O)[C@@H](NC(=O)CCOCCOCCOCCOCCNC(=O)CCC(=O)N3Cc4ccccc4/C=C\c4ccccc43)C(C)C)cc2)O1. The number of fused-ring (bicyclic) bond motifs is 9. The van der Waals surface area contributed by atoms with E-state index in [1.807, 2.05) is 74.5 Å². The zero-order chi connectivity index (χ0) is 76.5. The van der Waals surface area contributed by atoms with Crippen LogP contribution in [-0.2, 0) is 89.4 Å². The van der Waals surface area contributed by atoms with Crippen LogP contribution in [0.1, 0.15) is 140 Å². The zero-order valence-corrected chi connectivity index (χ0v) is 62.1. The minimum Gasteiger partial charge on any atom is -0.445 e. The van der Waals surface area contributed by atoms with Crippen molar-refractivity contribution in [2.75, 3.05) is 96.0 Å². The van der Waals surface area contributed by atoms with Gasteiger partial charge in [0.05, 0.1) is 77.3 Å². The molecule has 9 amide bonds. The second-order valence-corrected chi connectivity index (χ2v) is 28.9. The molecule has 10 N–H and O–H groups in total. The first kappa shape index (κ1) is 82.3. The van der Waals surface area contributed by atoms with Crippen LogP contribution in [0.25, 0.3) is 12.2 Å². The van der Waals surface area contributed by atoms with E-state index >= 15 is 0 Å². The average Bonchev–Trinajstić information content (AvgIpc) is 1.54. The molecular formula is C79H107N9O19. The molecule has 3 aromatic carbocycles. The fourth-order valence-corrected chi connectivity index (χ4v) is 15.9. The number of ether oxygens (including phenoxy) is 8. The van der Waals surface area contributed by atoms with E-state index in [-0.39, 0.29) is 164 Å². The van der Waals surface area contributed by atoms with Crippen LogP contribution in [0, 0.1) is 34.5 Å². The Morgan fingerprint density at radius 2 is 1.39 bits per heavy atom. The first-order valence-electron chi connectivity index (χ1n) is 37.5. The molecule has 0 radical (unpaired) electrons. The van der Waals surface area contributed by atoms with E-state index in [0.29, 0.717) is 63.5 Å². The number of hydrogen-bond donors (Lipinski definition) is 9. The maximum absolute atomic E-state index is 14.6. The Morgan fingerprint density at radius 1 is 0.710 bits per heavy atom. The van der Waals surface area contributed by atoms with E-state index in [2.05, 4.69) is 50.2 Å². The zero-order valence-electron chi connectivity index (χ0n) is 62.1. The number of aliphatic hydroxyl groups excluding tert-OH is 1. The highest BCUT2D eigenvalue weighted by Crippen LogP contribution is 2.70. The van der Waals surface area contributed by atoms with E-state index < -0.39 is 76.9 Å². The quantitative estimate of drug-likeness (QED) is 0.0213. The van der Waals surface area contributed by atoms with Crippen molar-refractivity contribution in [3.63, 3.8) is 0 Å². The number of urea groups is 1. The summed E-state index contributed by atoms with van der Waals surface area (Å²) >= 11 is 0. The largest absolute Gasteiger partial charge is 0.445 e. The van der Waals surface area contributed by atoms with Crippen molar-refractivity contribution in [2.24, 2.45) is 40.2 Å². The number of nitrogens with two attached hydrogens (primary N) is 1. The van der Waals surface area contributed by atoms with Crippen molar-refractivity contribution in [1.82, 2.24) is 31.9 Å². The summed E-state index contributed by atoms with van der Waals surface area (Å²) in [5.74, 6) is -3.12. The van der Waals surface area contributed by atoms with Crippen molar-refractivity contribution in [2.45, 2.75) is 167 Å². The molecule has 28 nitrogen and oxygen atoms in total. The summed E-state index contributed by atoms with van der Waals surface area (Å²) in [4.78, 5) is 132. The maximum atomic E-state index is 14.6. The fraction of sp³-hybridized carbons (Fsp3) is 0.570. The van der Waals surface area contributed by atoms with Gasteiger partial charge in [-0.3, -0.25) is 38.4 Å². The molecule has 107 heavy (non-hydrogen) atoms. The molecule has 3 unspecified atom stereocenters. The first-order valence-corrected chi connectivity index (χ1v) is 37.5. The molecular weight excluding hydrogens is 1380 g/mol. The standard InChI is InChI=1S/C79H107N9O19/c1-6-13-70-106-65-45-60-59-27-24-56-44-58(89)30-32-77(56,4)71(59)63(90)46-78(60,5)79(65,107-70)64(91)49-104-50-84-66(92)19-12-34-83-76(99)105-48-52-20-25-57(26-21-52)85-73(96)61(17-11-33-82-75(80)98)86-74(97)72(51(2)3)87-68(94)31-36-100-38-40-102-42-43-103-41-39-101-37-35-81-67(93)28-29-69(95)88-47-55-16-8-7-14-53(55)22-23-54-15-9-10-18-62(54)88/h7-10,14-16,18,20-23,25-26,30,32,44,51,59-61,63,65,70-72,90H,6,11-13,17,19,24,27-29,31,33-43,45-50H2,1-5H3,(H,81,93)(H,83,99)(H,84,92)(H,85,96)(H,86,97)(H,87,94)(H3,80,82,98)/b23-22-/t59-,60?,61-,63-,65+,70?,71?,72-,77-,78-,79+/m0/s1. The Labute approximate surface area is 625 Å². The highest BCUT2D eigenvalue weighted by Gasteiger charge is 2.76. The van der Waals surface area contributed by atoms with E-state index in [4.69, 9.17) is 43.6 Å². The number of primary amides is 1. The lowest BCUT2D eigenvalue weighted by atomic mass is 9.46. The third-order valence-corrected chi connectivity index (χ3v) is 21.2. The van der Waals surface area contributed by atoms with Gasteiger partial charge in [-0.1, -0.05) is 119 Å². The highest BCUT2D eigenvalue weighted by molar-refractivity contribution is 6.02. The minimum absolute atomic E-state index is 0.00920. The van der Waals surface area contributed by atoms with Crippen LogP contribution in [0.3, 0.4) is 0 Å². The van der Waals surface area contributed by atoms with Gasteiger partial charge in [0.25, 0.3) is 0 Å². The second kappa shape index (κ2) is 39.9. The van der Waals surface area contributed by atoms with Gasteiger partial charge < -0.3 is 90.9 Å². The third kappa shape index (κ3) is 22.0. The number of nitrogens with one attached hydrogen (secondary N) is 7. The van der Waals surface area contributed by atoms with E-state index in [0.717, 1.165) is 47.2 Å². The van der Waals surface area contributed by atoms with Crippen molar-refractivity contribution in [3.8, 4) is 0 Å². The molecule has 2 aliphatic heterocycles. The normalized spacial score (nSPS) is 23.9. The number of carbonyl (C=O) groups excluding carboxylic acids is 10. The number of anilines is 2. The molecule has 0 spiro atoms. The number of hydrogen-bond acceptors (Lipinski definition) is 19. The van der Waals surface area contributed by atoms with Crippen LogP contribution < -0.4 is 47.9 Å². The summed E-state index contributed by atoms with van der Waals surface area (Å²) in [5, 5.41) is 30.9. The van der Waals surface area contributed by atoms with Crippen LogP contribution in [-0.4, -0.2) is 186 Å². The van der Waals surface area contributed by atoms with Gasteiger partial charge in [0.2, 0.25) is 35.4 Å². The van der Waals surface area contributed by atoms with Gasteiger partial charge in [-0.15, -0.1) is 0 Å². The number of para-hydroxylation sites is 1. The summed E-state index contributed by atoms with van der Waals surface area (Å²) < 4.78 is 46.7. The Hall–Kier alpha value is -8.74. The lowest BCUT2D eigenvalue weighted by molar-refractivity contribution is -0.201. The number of Topliss-reactive ketones (excluding diaryl/α,β-unsaturated/α-hetero) is 1. The number of ketones is 2. The van der Waals surface area contributed by atoms with Crippen LogP contribution in [0.5, 0.6) is 0 Å². The summed E-state index contributed by atoms with van der Waals surface area (Å²) in [7, 11) is 0. The predicted molar refractivity (Wildman–Crippen MR) is 396 cm³/mol. The summed E-state index contributed by atoms with van der Waals surface area (Å²) in [6.07, 6.45) is 11.3. The number of allylic oxidation sites excluding steroid dienone is 4. The van der Waals surface area contributed by atoms with Gasteiger partial charge in [0.15, 0.2) is 23.5 Å². The van der Waals surface area contributed by atoms with Crippen molar-refractivity contribution >= 4 is 82.7 Å². The number of benzene rings is 3. The van der Waals surface area contributed by atoms with Crippen LogP contribution in [0.15, 0.2) is 96.6 Å². The number of amides is 9. The smallest absolute Gasteiger partial charge is 0.407 e. The van der Waals surface area contributed by atoms with Gasteiger partial charge in [-0.05, 0) is 122 Å². The summed E-state index contributed by atoms with van der Waals surface area (Å²) in [6.45, 7) is 11.9. The molecule has 9 rings (SSSR count). The van der Waals surface area contributed by atoms with Crippen LogP contribution >= 0.6 is 0 Å². The van der Waals surface area contributed by atoms with Gasteiger partial charge in [0.1, 0.15) is 32.0 Å². The first-order chi connectivity index (χ1) is 51.5. The lowest BCUT2D eigenvalue weighted by Gasteiger charge is -2.59. The molecule has 0 aromatic heterocycles. The van der Waals surface area contributed by atoms with Gasteiger partial charge >= 0.3 is 12.1 Å². The molecule has 3 saturated carbocycles. The van der Waals surface area contributed by atoms with Crippen molar-refractivity contribution in [1.29, 1.82) is 0 Å². The van der Waals surface area contributed by atoms with E-state index in [1.165, 1.54) is 0 Å². The molecule has 28 heteroatoms. The molecule has 11 atom stereocenters. The van der Waals surface area contributed by atoms with E-state index in [1.54, 1.807) is 55.2 Å². The van der Waals surface area contributed by atoms with E-state index in [9.17, 15) is 53.1 Å². The molecule has 4 aliphatic carbocycles. The number of carbonyl (C=O) groups is 10. The fourth-order valence-electron chi connectivity index (χ4n) is 15.9. The molecule has 0 bridgehead atoms. The Morgan fingerprint density at radius 3 is 2.12 bits per heavy atom. The van der Waals surface area contributed by atoms with Crippen LogP contribution in [0.2, 0.25) is 0 Å². The number of alkyl carbamates (subject to hydrolysis) is 1. The van der Waals surface area contributed by atoms with Gasteiger partial charge in [0, 0.05) is 67.8 Å². The average molecular weight is 1490 g/mol. The Bertz CT molecular complexity index is 3680. The summed E-state index contributed by atoms with van der Waals surface area (Å²) in [5.41, 5.74) is 8.45. The Kier molecular flexibility index (Phi) is 30.7. The second-order valence-electron chi connectivity index (χ2n) is 28.9. The molecule has 4 fully saturated rings. The monoisotopic (exact) mass is 1490 g/mol. The highest BCUT2D eigenvalue weighted by atomic mass is 16.7. The number of rotatable bonds is 41. The van der Waals surface area contributed by atoms with Gasteiger partial charge in [-0.25, -0.2) is 9.59 Å². The number of nitrogens with zero attached hydrogens (tertiary/aromatic N) is 1. The maximum Gasteiger partial charge on any atom is 0.407 e. The topological polar surface area (TPSA) is 378 Å². The molecule has 6 aliphatic rings. The minimum atomic E-state index is -1.36. The van der Waals surface area contributed by atoms with Crippen molar-refractivity contribution in [3.05, 3.63) is 119 Å². The lowest BCUT2D eigenvalue weighted by Crippen LogP contribution is -2.63. The van der Waals surface area contributed by atoms with Gasteiger partial charge in [-0.2, -0.15) is 0 Å². The molecule has 2 heterocycles. The molecule has 1 saturated heterocycles. The number of aliphatic hydroxyl groups is 1. The van der Waals surface area contributed by atoms with Crippen LogP contribution in [0.4, 0.5) is 21.0 Å². The third-order valence-electron chi connectivity index (χ3n) is 21.2. The molecule has 3 aromatic rings. The van der Waals surface area contributed by atoms with Crippen molar-refractivity contribution < 1.29 is 90.9 Å². The summed E-state index contributed by atoms with van der Waals surface area (Å²) in [6, 6.07) is 19.3. The predicted octanol–water partition coefficient (Wildman–Crippen LogP) is 6.60. The molecule has 582 valence electrons.